The highest BCUT2D eigenvalue weighted by atomic mass is 35.5. The van der Waals surface area contributed by atoms with E-state index in [0.29, 0.717) is 10.0 Å². The van der Waals surface area contributed by atoms with Gasteiger partial charge >= 0.3 is 0 Å². The Bertz CT molecular complexity index is 816. The maximum Gasteiger partial charge on any atom is 0.234 e. The van der Waals surface area contributed by atoms with Gasteiger partial charge in [0.05, 0.1) is 6.04 Å². The number of rotatable bonds is 2. The summed E-state index contributed by atoms with van der Waals surface area (Å²) in [6.45, 7) is 0. The van der Waals surface area contributed by atoms with Crippen LogP contribution in [0.3, 0.4) is 0 Å². The molecular weight excluding hydrogens is 341 g/mol. The molecule has 0 aliphatic carbocycles. The van der Waals surface area contributed by atoms with Crippen molar-refractivity contribution in [1.82, 2.24) is 4.72 Å². The summed E-state index contributed by atoms with van der Waals surface area (Å²) in [5, 5.41) is 2.43. The van der Waals surface area contributed by atoms with Crippen LogP contribution in [0.5, 0.6) is 0 Å². The van der Waals surface area contributed by atoms with Crippen molar-refractivity contribution in [1.29, 1.82) is 0 Å². The fraction of sp³-hybridized carbons (Fsp3) is 0.125. The van der Waals surface area contributed by atoms with Crippen LogP contribution in [0.4, 0.5) is 0 Å². The van der Waals surface area contributed by atoms with Crippen LogP contribution in [-0.4, -0.2) is 8.42 Å². The van der Waals surface area contributed by atoms with Crippen molar-refractivity contribution in [3.8, 4) is 0 Å². The Morgan fingerprint density at radius 2 is 1.64 bits per heavy atom. The normalized spacial score (nSPS) is 23.4. The Kier molecular flexibility index (Phi) is 4.28. The molecule has 114 valence electrons. The van der Waals surface area contributed by atoms with E-state index in [0.717, 1.165) is 11.1 Å². The molecule has 3 rings (SSSR count). The van der Waals surface area contributed by atoms with Gasteiger partial charge in [-0.25, -0.2) is 13.1 Å². The minimum atomic E-state index is -3.44. The fourth-order valence-electron chi connectivity index (χ4n) is 2.55. The Balaban J connectivity index is 2.07. The van der Waals surface area contributed by atoms with Crippen LogP contribution in [0.15, 0.2) is 60.0 Å². The predicted molar refractivity (Wildman–Crippen MR) is 89.6 cm³/mol. The monoisotopic (exact) mass is 353 g/mol. The zero-order valence-electron chi connectivity index (χ0n) is 11.4. The van der Waals surface area contributed by atoms with E-state index in [2.05, 4.69) is 4.72 Å². The van der Waals surface area contributed by atoms with Gasteiger partial charge in [0.1, 0.15) is 0 Å². The minimum absolute atomic E-state index is 0.136. The van der Waals surface area contributed by atoms with Crippen LogP contribution in [-0.2, 0) is 10.0 Å². The molecule has 2 aromatic carbocycles. The van der Waals surface area contributed by atoms with E-state index in [4.69, 9.17) is 23.2 Å². The third-order valence-electron chi connectivity index (χ3n) is 3.58. The molecule has 0 aromatic heterocycles. The molecule has 0 radical (unpaired) electrons. The second-order valence-corrected chi connectivity index (χ2v) is 7.57. The van der Waals surface area contributed by atoms with Gasteiger partial charge in [-0.2, -0.15) is 0 Å². The van der Waals surface area contributed by atoms with Gasteiger partial charge in [-0.3, -0.25) is 0 Å². The van der Waals surface area contributed by atoms with Crippen LogP contribution < -0.4 is 4.72 Å². The number of nitrogens with one attached hydrogen (secondary N) is 1. The van der Waals surface area contributed by atoms with Gasteiger partial charge in [-0.15, -0.1) is 0 Å². The van der Waals surface area contributed by atoms with Crippen LogP contribution in [0.2, 0.25) is 10.0 Å². The van der Waals surface area contributed by atoms with Crippen molar-refractivity contribution in [3.05, 3.63) is 81.2 Å². The second-order valence-electron chi connectivity index (χ2n) is 5.10. The zero-order chi connectivity index (χ0) is 15.7. The maximum absolute atomic E-state index is 11.9. The van der Waals surface area contributed by atoms with E-state index in [1.165, 1.54) is 5.41 Å². The first kappa shape index (κ1) is 15.6. The van der Waals surface area contributed by atoms with Gasteiger partial charge in [0.25, 0.3) is 0 Å². The first-order valence-electron chi connectivity index (χ1n) is 6.66. The molecule has 1 aliphatic rings. The van der Waals surface area contributed by atoms with Crippen molar-refractivity contribution < 1.29 is 8.42 Å². The lowest BCUT2D eigenvalue weighted by atomic mass is 9.87. The van der Waals surface area contributed by atoms with Gasteiger partial charge in [0, 0.05) is 21.4 Å². The molecule has 0 saturated heterocycles. The van der Waals surface area contributed by atoms with Crippen molar-refractivity contribution >= 4 is 33.2 Å². The van der Waals surface area contributed by atoms with E-state index < -0.39 is 16.1 Å². The lowest BCUT2D eigenvalue weighted by Crippen LogP contribution is -2.34. The second kappa shape index (κ2) is 6.05. The quantitative estimate of drug-likeness (QED) is 0.876. The molecule has 2 atom stereocenters. The molecular formula is C16H13Cl2NO2S. The maximum atomic E-state index is 11.9. The van der Waals surface area contributed by atoms with Gasteiger partial charge in [0.15, 0.2) is 0 Å². The first-order chi connectivity index (χ1) is 10.4. The molecule has 6 heteroatoms. The van der Waals surface area contributed by atoms with Crippen LogP contribution >= 0.6 is 23.2 Å². The zero-order valence-corrected chi connectivity index (χ0v) is 13.7. The molecule has 2 aromatic rings. The highest BCUT2D eigenvalue weighted by Crippen LogP contribution is 2.36. The van der Waals surface area contributed by atoms with E-state index in [-0.39, 0.29) is 5.92 Å². The summed E-state index contributed by atoms with van der Waals surface area (Å²) < 4.78 is 26.5. The van der Waals surface area contributed by atoms with Crippen molar-refractivity contribution in [2.24, 2.45) is 0 Å². The first-order valence-corrected chi connectivity index (χ1v) is 8.96. The summed E-state index contributed by atoms with van der Waals surface area (Å²) in [7, 11) is -3.44. The molecule has 1 N–H and O–H groups in total. The van der Waals surface area contributed by atoms with E-state index in [1.54, 1.807) is 24.3 Å². The number of sulfonamides is 1. The Morgan fingerprint density at radius 1 is 0.909 bits per heavy atom. The van der Waals surface area contributed by atoms with Crippen LogP contribution in [0, 0.1) is 0 Å². The topological polar surface area (TPSA) is 46.2 Å². The predicted octanol–water partition coefficient (Wildman–Crippen LogP) is 4.27. The summed E-state index contributed by atoms with van der Waals surface area (Å²) in [5.74, 6) is -0.136. The minimum Gasteiger partial charge on any atom is -0.208 e. The highest BCUT2D eigenvalue weighted by molar-refractivity contribution is 7.92. The third-order valence-corrected chi connectivity index (χ3v) is 5.16. The molecule has 3 nitrogen and oxygen atoms in total. The Labute approximate surface area is 139 Å². The third kappa shape index (κ3) is 3.36. The van der Waals surface area contributed by atoms with E-state index in [1.807, 2.05) is 30.3 Å². The average molecular weight is 354 g/mol. The lowest BCUT2D eigenvalue weighted by molar-refractivity contribution is 0.534. The number of benzene rings is 2. The number of hydrogen-bond donors (Lipinski definition) is 1. The molecule has 0 amide bonds. The summed E-state index contributed by atoms with van der Waals surface area (Å²) >= 11 is 12.0. The summed E-state index contributed by atoms with van der Waals surface area (Å²) in [6, 6.07) is 14.2. The molecule has 0 spiro atoms. The number of hydrogen-bond acceptors (Lipinski definition) is 2. The van der Waals surface area contributed by atoms with Crippen molar-refractivity contribution in [3.63, 3.8) is 0 Å². The summed E-state index contributed by atoms with van der Waals surface area (Å²) in [6.07, 6.45) is 1.69. The fourth-order valence-corrected chi connectivity index (χ4v) is 3.97. The van der Waals surface area contributed by atoms with E-state index >= 15 is 0 Å². The molecule has 1 heterocycles. The largest absolute Gasteiger partial charge is 0.234 e. The SMILES string of the molecule is O=S1(=O)C=C[C@H](c2cccc(Cl)c2)[C@@H](c2ccc(Cl)cc2)N1. The highest BCUT2D eigenvalue weighted by Gasteiger charge is 2.30. The molecule has 0 fully saturated rings. The summed E-state index contributed by atoms with van der Waals surface area (Å²) in [5.41, 5.74) is 1.80. The average Bonchev–Trinajstić information content (AvgIpc) is 2.47. The molecule has 0 unspecified atom stereocenters. The Hall–Kier alpha value is -1.33. The van der Waals surface area contributed by atoms with Crippen molar-refractivity contribution in [2.75, 3.05) is 0 Å². The standard InChI is InChI=1S/C16H13Cl2NO2S/c17-13-6-4-11(5-7-13)16-15(8-9-22(20,21)19-16)12-2-1-3-14(18)10-12/h1-10,15-16,19H/t15-,16-/m1/s1. The van der Waals surface area contributed by atoms with E-state index in [9.17, 15) is 8.42 Å². The summed E-state index contributed by atoms with van der Waals surface area (Å²) in [4.78, 5) is 0. The molecule has 1 aliphatic heterocycles. The van der Waals surface area contributed by atoms with Gasteiger partial charge in [-0.1, -0.05) is 53.5 Å². The molecule has 22 heavy (non-hydrogen) atoms. The van der Waals surface area contributed by atoms with Gasteiger partial charge in [0.2, 0.25) is 10.0 Å². The number of halogens is 2. The molecule has 0 bridgehead atoms. The smallest absolute Gasteiger partial charge is 0.208 e. The van der Waals surface area contributed by atoms with Crippen molar-refractivity contribution in [2.45, 2.75) is 12.0 Å². The lowest BCUT2D eigenvalue weighted by Gasteiger charge is -2.29. The Morgan fingerprint density at radius 3 is 2.32 bits per heavy atom. The van der Waals surface area contributed by atoms with Gasteiger partial charge in [-0.05, 0) is 35.4 Å². The van der Waals surface area contributed by atoms with Crippen LogP contribution in [0.1, 0.15) is 23.1 Å². The van der Waals surface area contributed by atoms with Gasteiger partial charge < -0.3 is 0 Å². The molecule has 0 saturated carbocycles. The van der Waals surface area contributed by atoms with Crippen LogP contribution in [0.25, 0.3) is 0 Å².